The molecule has 0 saturated heterocycles. The lowest BCUT2D eigenvalue weighted by atomic mass is 9.92. The van der Waals surface area contributed by atoms with Gasteiger partial charge in [0.2, 0.25) is 0 Å². The molecule has 2 unspecified atom stereocenters. The topological polar surface area (TPSA) is 46.2 Å². The first-order chi connectivity index (χ1) is 9.02. The van der Waals surface area contributed by atoms with Gasteiger partial charge in [0.05, 0.1) is 6.10 Å². The first-order valence-electron chi connectivity index (χ1n) is 6.23. The van der Waals surface area contributed by atoms with Gasteiger partial charge in [-0.3, -0.25) is 0 Å². The molecule has 0 saturated carbocycles. The number of nitrogens with two attached hydrogens (primary N) is 1. The Morgan fingerprint density at radius 3 is 2.37 bits per heavy atom. The van der Waals surface area contributed by atoms with Crippen molar-refractivity contribution in [2.45, 2.75) is 25.9 Å². The van der Waals surface area contributed by atoms with Gasteiger partial charge in [-0.15, -0.1) is 11.3 Å². The maximum atomic E-state index is 12.9. The molecule has 0 aliphatic heterocycles. The van der Waals surface area contributed by atoms with E-state index in [0.29, 0.717) is 6.54 Å². The summed E-state index contributed by atoms with van der Waals surface area (Å²) >= 11 is 1.58. The normalized spacial score (nSPS) is 14.4. The zero-order valence-electron chi connectivity index (χ0n) is 11.1. The Balaban J connectivity index is 2.28. The number of aliphatic hydroxyl groups excluding tert-OH is 1. The molecule has 19 heavy (non-hydrogen) atoms. The number of thiophene rings is 1. The molecule has 2 atom stereocenters. The van der Waals surface area contributed by atoms with Crippen LogP contribution in [0.5, 0.6) is 0 Å². The second kappa shape index (κ2) is 5.82. The van der Waals surface area contributed by atoms with Gasteiger partial charge in [0.15, 0.2) is 0 Å². The monoisotopic (exact) mass is 279 g/mol. The lowest BCUT2D eigenvalue weighted by Crippen LogP contribution is -2.19. The molecule has 0 amide bonds. The molecule has 0 aliphatic rings. The molecule has 0 spiro atoms. The highest BCUT2D eigenvalue weighted by molar-refractivity contribution is 7.12. The van der Waals surface area contributed by atoms with Gasteiger partial charge in [-0.25, -0.2) is 4.39 Å². The molecule has 2 rings (SSSR count). The third kappa shape index (κ3) is 3.03. The van der Waals surface area contributed by atoms with E-state index in [0.717, 1.165) is 10.4 Å². The summed E-state index contributed by atoms with van der Waals surface area (Å²) < 4.78 is 12.9. The van der Waals surface area contributed by atoms with Gasteiger partial charge >= 0.3 is 0 Å². The van der Waals surface area contributed by atoms with Crippen molar-refractivity contribution in [1.29, 1.82) is 0 Å². The summed E-state index contributed by atoms with van der Waals surface area (Å²) in [4.78, 5) is 2.11. The maximum Gasteiger partial charge on any atom is 0.123 e. The van der Waals surface area contributed by atoms with Crippen LogP contribution in [0.15, 0.2) is 30.3 Å². The fourth-order valence-electron chi connectivity index (χ4n) is 2.10. The number of hydrogen-bond acceptors (Lipinski definition) is 3. The van der Waals surface area contributed by atoms with Gasteiger partial charge in [0, 0.05) is 22.2 Å². The predicted molar refractivity (Wildman–Crippen MR) is 76.9 cm³/mol. The summed E-state index contributed by atoms with van der Waals surface area (Å²) in [5.74, 6) is -0.491. The average Bonchev–Trinajstić information content (AvgIpc) is 2.73. The minimum absolute atomic E-state index is 0.210. The first-order valence-corrected chi connectivity index (χ1v) is 7.05. The van der Waals surface area contributed by atoms with Gasteiger partial charge in [-0.05, 0) is 43.2 Å². The van der Waals surface area contributed by atoms with E-state index in [2.05, 4.69) is 0 Å². The Labute approximate surface area is 116 Å². The second-order valence-corrected chi connectivity index (χ2v) is 6.01. The van der Waals surface area contributed by atoms with Crippen LogP contribution in [0.25, 0.3) is 0 Å². The standard InChI is InChI=1S/C15H18FNOS/c1-9-7-14(19-10(9)2)15(18)13(8-17)11-3-5-12(16)6-4-11/h3-7,13,15,18H,8,17H2,1-2H3. The van der Waals surface area contributed by atoms with Crippen molar-refractivity contribution in [2.24, 2.45) is 5.73 Å². The molecule has 0 aliphatic carbocycles. The highest BCUT2D eigenvalue weighted by Crippen LogP contribution is 2.35. The van der Waals surface area contributed by atoms with Gasteiger partial charge < -0.3 is 10.8 Å². The average molecular weight is 279 g/mol. The molecule has 0 radical (unpaired) electrons. The van der Waals surface area contributed by atoms with E-state index in [9.17, 15) is 9.50 Å². The lowest BCUT2D eigenvalue weighted by Gasteiger charge is -2.21. The van der Waals surface area contributed by atoms with Crippen molar-refractivity contribution >= 4 is 11.3 Å². The van der Waals surface area contributed by atoms with Crippen molar-refractivity contribution in [3.8, 4) is 0 Å². The van der Waals surface area contributed by atoms with Crippen LogP contribution in [0.2, 0.25) is 0 Å². The molecule has 1 aromatic heterocycles. The van der Waals surface area contributed by atoms with Crippen LogP contribution < -0.4 is 5.73 Å². The molecular formula is C15H18FNOS. The largest absolute Gasteiger partial charge is 0.387 e. The maximum absolute atomic E-state index is 12.9. The fourth-order valence-corrected chi connectivity index (χ4v) is 3.20. The van der Waals surface area contributed by atoms with E-state index in [4.69, 9.17) is 5.73 Å². The third-order valence-electron chi connectivity index (χ3n) is 3.41. The molecule has 0 fully saturated rings. The van der Waals surface area contributed by atoms with Crippen LogP contribution >= 0.6 is 11.3 Å². The van der Waals surface area contributed by atoms with Crippen LogP contribution in [-0.4, -0.2) is 11.7 Å². The van der Waals surface area contributed by atoms with E-state index in [1.165, 1.54) is 22.6 Å². The van der Waals surface area contributed by atoms with E-state index in [-0.39, 0.29) is 11.7 Å². The molecule has 2 nitrogen and oxygen atoms in total. The number of aliphatic hydroxyl groups is 1. The fraction of sp³-hybridized carbons (Fsp3) is 0.333. The van der Waals surface area contributed by atoms with E-state index >= 15 is 0 Å². The first kappa shape index (κ1) is 14.2. The highest BCUT2D eigenvalue weighted by Gasteiger charge is 2.23. The minimum Gasteiger partial charge on any atom is -0.387 e. The Morgan fingerprint density at radius 2 is 1.89 bits per heavy atom. The molecule has 3 N–H and O–H groups in total. The summed E-state index contributed by atoms with van der Waals surface area (Å²) in [6.07, 6.45) is -0.645. The number of aryl methyl sites for hydroxylation is 2. The van der Waals surface area contributed by atoms with Crippen molar-refractivity contribution < 1.29 is 9.50 Å². The van der Waals surface area contributed by atoms with Gasteiger partial charge in [0.1, 0.15) is 5.82 Å². The van der Waals surface area contributed by atoms with Crippen LogP contribution in [0.4, 0.5) is 4.39 Å². The lowest BCUT2D eigenvalue weighted by molar-refractivity contribution is 0.151. The van der Waals surface area contributed by atoms with Crippen molar-refractivity contribution in [3.05, 3.63) is 57.0 Å². The SMILES string of the molecule is Cc1cc(C(O)C(CN)c2ccc(F)cc2)sc1C. The number of halogens is 1. The van der Waals surface area contributed by atoms with Crippen molar-refractivity contribution in [1.82, 2.24) is 0 Å². The number of rotatable bonds is 4. The summed E-state index contributed by atoms with van der Waals surface area (Å²) in [6, 6.07) is 8.16. The smallest absolute Gasteiger partial charge is 0.123 e. The molecule has 1 heterocycles. The molecular weight excluding hydrogens is 261 g/mol. The van der Waals surface area contributed by atoms with Crippen LogP contribution in [-0.2, 0) is 0 Å². The van der Waals surface area contributed by atoms with Crippen molar-refractivity contribution in [3.63, 3.8) is 0 Å². The summed E-state index contributed by atoms with van der Waals surface area (Å²) in [5.41, 5.74) is 7.81. The molecule has 0 bridgehead atoms. The Kier molecular flexibility index (Phi) is 4.34. The Morgan fingerprint density at radius 1 is 1.26 bits per heavy atom. The summed E-state index contributed by atoms with van der Waals surface area (Å²) in [6.45, 7) is 4.38. The van der Waals surface area contributed by atoms with E-state index in [1.807, 2.05) is 19.9 Å². The molecule has 1 aromatic carbocycles. The van der Waals surface area contributed by atoms with E-state index < -0.39 is 6.10 Å². The zero-order valence-corrected chi connectivity index (χ0v) is 11.9. The molecule has 4 heteroatoms. The second-order valence-electron chi connectivity index (χ2n) is 4.73. The Hall–Kier alpha value is -1.23. The molecule has 102 valence electrons. The molecule has 2 aromatic rings. The van der Waals surface area contributed by atoms with Crippen LogP contribution in [0.3, 0.4) is 0 Å². The quantitative estimate of drug-likeness (QED) is 0.902. The van der Waals surface area contributed by atoms with Crippen LogP contribution in [0.1, 0.15) is 32.9 Å². The van der Waals surface area contributed by atoms with E-state index in [1.54, 1.807) is 23.5 Å². The summed E-state index contributed by atoms with van der Waals surface area (Å²) in [7, 11) is 0. The summed E-state index contributed by atoms with van der Waals surface area (Å²) in [5, 5.41) is 10.5. The number of benzene rings is 1. The predicted octanol–water partition coefficient (Wildman–Crippen LogP) is 3.28. The van der Waals surface area contributed by atoms with Crippen LogP contribution in [0, 0.1) is 19.7 Å². The zero-order chi connectivity index (χ0) is 14.0. The van der Waals surface area contributed by atoms with Gasteiger partial charge in [0.25, 0.3) is 0 Å². The number of hydrogen-bond donors (Lipinski definition) is 2. The highest BCUT2D eigenvalue weighted by atomic mass is 32.1. The minimum atomic E-state index is -0.645. The Bertz CT molecular complexity index is 530. The third-order valence-corrected chi connectivity index (χ3v) is 4.63. The van der Waals surface area contributed by atoms with Crippen molar-refractivity contribution in [2.75, 3.05) is 6.54 Å². The van der Waals surface area contributed by atoms with Gasteiger partial charge in [-0.1, -0.05) is 12.1 Å². The van der Waals surface area contributed by atoms with Gasteiger partial charge in [-0.2, -0.15) is 0 Å².